The number of furan rings is 1. The highest BCUT2D eigenvalue weighted by Crippen LogP contribution is 2.26. The zero-order valence-corrected chi connectivity index (χ0v) is 21.1. The van der Waals surface area contributed by atoms with Crippen molar-refractivity contribution in [1.82, 2.24) is 10.6 Å². The van der Waals surface area contributed by atoms with E-state index in [2.05, 4.69) is 17.6 Å². The van der Waals surface area contributed by atoms with Crippen molar-refractivity contribution in [2.45, 2.75) is 62.9 Å². The number of nitrogens with two attached hydrogens (primary N) is 1. The van der Waals surface area contributed by atoms with Gasteiger partial charge in [0.25, 0.3) is 0 Å². The molecule has 0 saturated heterocycles. The molecule has 9 heteroatoms. The number of aliphatic imine (C=N–C) groups is 1. The fourth-order valence-corrected chi connectivity index (χ4v) is 4.37. The van der Waals surface area contributed by atoms with E-state index in [9.17, 15) is 8.42 Å². The molecule has 0 amide bonds. The molecule has 7 nitrogen and oxygen atoms in total. The zero-order chi connectivity index (χ0) is 21.4. The first-order valence-electron chi connectivity index (χ1n) is 10.6. The number of primary sulfonamides is 1. The van der Waals surface area contributed by atoms with Gasteiger partial charge in [-0.15, -0.1) is 24.0 Å². The molecule has 0 spiro atoms. The Balaban J connectivity index is 0.00000341. The van der Waals surface area contributed by atoms with Crippen LogP contribution in [-0.4, -0.2) is 27.0 Å². The third-order valence-corrected chi connectivity index (χ3v) is 6.55. The summed E-state index contributed by atoms with van der Waals surface area (Å²) in [5, 5.41) is 12.2. The first kappa shape index (κ1) is 25.7. The van der Waals surface area contributed by atoms with Gasteiger partial charge in [-0.3, -0.25) is 0 Å². The van der Waals surface area contributed by atoms with Crippen LogP contribution in [-0.2, 0) is 23.0 Å². The van der Waals surface area contributed by atoms with Crippen LogP contribution in [0.5, 0.6) is 0 Å². The largest absolute Gasteiger partial charge is 0.469 e. The van der Waals surface area contributed by atoms with E-state index in [0.717, 1.165) is 36.0 Å². The third kappa shape index (κ3) is 8.46. The number of guanidine groups is 1. The number of hydrogen-bond acceptors (Lipinski definition) is 4. The third-order valence-electron chi connectivity index (χ3n) is 5.62. The number of nitrogens with one attached hydrogen (secondary N) is 2. The average Bonchev–Trinajstić information content (AvgIpc) is 3.25. The summed E-state index contributed by atoms with van der Waals surface area (Å²) in [4.78, 5) is 4.84. The Hall–Kier alpha value is -1.59. The van der Waals surface area contributed by atoms with Gasteiger partial charge in [-0.25, -0.2) is 18.5 Å². The highest BCUT2D eigenvalue weighted by molar-refractivity contribution is 14.0. The summed E-state index contributed by atoms with van der Waals surface area (Å²) < 4.78 is 28.2. The molecule has 1 heterocycles. The summed E-state index contributed by atoms with van der Waals surface area (Å²) in [6, 6.07) is 10.8. The molecule has 2 atom stereocenters. The molecule has 0 radical (unpaired) electrons. The second-order valence-corrected chi connectivity index (χ2v) is 9.45. The molecule has 3 rings (SSSR count). The second kappa shape index (κ2) is 12.4. The lowest BCUT2D eigenvalue weighted by atomic mass is 9.84. The summed E-state index contributed by atoms with van der Waals surface area (Å²) in [5.41, 5.74) is 0.921. The Labute approximate surface area is 202 Å². The normalized spacial score (nSPS) is 19.5. The monoisotopic (exact) mass is 560 g/mol. The second-order valence-electron chi connectivity index (χ2n) is 7.89. The number of nitrogens with zero attached hydrogens (tertiary/aromatic N) is 1. The molecule has 1 aliphatic rings. The number of rotatable bonds is 8. The zero-order valence-electron chi connectivity index (χ0n) is 17.9. The van der Waals surface area contributed by atoms with Gasteiger partial charge in [-0.05, 0) is 48.6 Å². The maximum Gasteiger partial charge on any atom is 0.238 e. The van der Waals surface area contributed by atoms with Gasteiger partial charge in [0.1, 0.15) is 5.76 Å². The van der Waals surface area contributed by atoms with Gasteiger partial charge < -0.3 is 15.1 Å². The highest BCUT2D eigenvalue weighted by Gasteiger charge is 2.21. The lowest BCUT2D eigenvalue weighted by molar-refractivity contribution is 0.298. The molecule has 172 valence electrons. The number of benzene rings is 1. The van der Waals surface area contributed by atoms with Crippen LogP contribution in [0.1, 0.15) is 50.4 Å². The Bertz CT molecular complexity index is 915. The maximum atomic E-state index is 11.4. The van der Waals surface area contributed by atoms with E-state index in [1.54, 1.807) is 18.4 Å². The van der Waals surface area contributed by atoms with E-state index >= 15 is 0 Å². The summed E-state index contributed by atoms with van der Waals surface area (Å²) in [6.07, 6.45) is 8.54. The van der Waals surface area contributed by atoms with Crippen molar-refractivity contribution in [3.8, 4) is 0 Å². The molecule has 2 unspecified atom stereocenters. The molecule has 31 heavy (non-hydrogen) atoms. The van der Waals surface area contributed by atoms with Crippen LogP contribution >= 0.6 is 24.0 Å². The van der Waals surface area contributed by atoms with Gasteiger partial charge in [0.2, 0.25) is 10.0 Å². The van der Waals surface area contributed by atoms with Gasteiger partial charge in [-0.1, -0.05) is 38.3 Å². The van der Waals surface area contributed by atoms with E-state index in [-0.39, 0.29) is 28.9 Å². The number of hydrogen-bond donors (Lipinski definition) is 3. The van der Waals surface area contributed by atoms with Gasteiger partial charge in [0.05, 0.1) is 17.7 Å². The Morgan fingerprint density at radius 2 is 2.00 bits per heavy atom. The van der Waals surface area contributed by atoms with Gasteiger partial charge in [0, 0.05) is 19.0 Å². The molecular formula is C22H33IN4O3S. The van der Waals surface area contributed by atoms with Crippen LogP contribution < -0.4 is 15.8 Å². The van der Waals surface area contributed by atoms with Crippen LogP contribution in [0, 0.1) is 5.92 Å². The molecule has 1 aromatic carbocycles. The van der Waals surface area contributed by atoms with Gasteiger partial charge >= 0.3 is 0 Å². The van der Waals surface area contributed by atoms with Crippen molar-refractivity contribution in [3.05, 3.63) is 54.0 Å². The first-order valence-corrected chi connectivity index (χ1v) is 12.2. The van der Waals surface area contributed by atoms with Crippen molar-refractivity contribution in [3.63, 3.8) is 0 Å². The minimum atomic E-state index is -3.68. The van der Waals surface area contributed by atoms with Crippen molar-refractivity contribution >= 4 is 40.0 Å². The van der Waals surface area contributed by atoms with E-state index in [0.29, 0.717) is 19.1 Å². The van der Waals surface area contributed by atoms with Crippen molar-refractivity contribution < 1.29 is 12.8 Å². The van der Waals surface area contributed by atoms with Crippen LogP contribution in [0.2, 0.25) is 0 Å². The SMILES string of the molecule is CCC1CCCC(NC(=NCc2ccc(S(N)(=O)=O)cc2)NCCc2ccco2)C1.I. The molecule has 1 saturated carbocycles. The van der Waals surface area contributed by atoms with E-state index in [4.69, 9.17) is 14.5 Å². The predicted molar refractivity (Wildman–Crippen MR) is 134 cm³/mol. The van der Waals surface area contributed by atoms with Gasteiger partial charge in [0.15, 0.2) is 5.96 Å². The predicted octanol–water partition coefficient (Wildman–Crippen LogP) is 3.79. The first-order chi connectivity index (χ1) is 14.4. The topological polar surface area (TPSA) is 110 Å². The van der Waals surface area contributed by atoms with Crippen LogP contribution in [0.3, 0.4) is 0 Å². The van der Waals surface area contributed by atoms with E-state index in [1.165, 1.54) is 37.8 Å². The maximum absolute atomic E-state index is 11.4. The molecule has 1 aliphatic carbocycles. The fraction of sp³-hybridized carbons (Fsp3) is 0.500. The molecule has 4 N–H and O–H groups in total. The molecule has 1 fully saturated rings. The Morgan fingerprint density at radius 3 is 2.65 bits per heavy atom. The van der Waals surface area contributed by atoms with Gasteiger partial charge in [-0.2, -0.15) is 0 Å². The minimum absolute atomic E-state index is 0. The smallest absolute Gasteiger partial charge is 0.238 e. The molecule has 0 aliphatic heterocycles. The number of halogens is 1. The summed E-state index contributed by atoms with van der Waals surface area (Å²) in [7, 11) is -3.68. The molecular weight excluding hydrogens is 527 g/mol. The highest BCUT2D eigenvalue weighted by atomic mass is 127. The molecule has 2 aromatic rings. The average molecular weight is 561 g/mol. The van der Waals surface area contributed by atoms with E-state index in [1.807, 2.05) is 12.1 Å². The van der Waals surface area contributed by atoms with Crippen LogP contribution in [0.4, 0.5) is 0 Å². The lowest BCUT2D eigenvalue weighted by Crippen LogP contribution is -2.45. The van der Waals surface area contributed by atoms with Crippen molar-refractivity contribution in [2.75, 3.05) is 6.54 Å². The lowest BCUT2D eigenvalue weighted by Gasteiger charge is -2.30. The minimum Gasteiger partial charge on any atom is -0.469 e. The fourth-order valence-electron chi connectivity index (χ4n) is 3.85. The number of sulfonamides is 1. The quantitative estimate of drug-likeness (QED) is 0.259. The summed E-state index contributed by atoms with van der Waals surface area (Å²) >= 11 is 0. The van der Waals surface area contributed by atoms with Crippen molar-refractivity contribution in [2.24, 2.45) is 16.0 Å². The van der Waals surface area contributed by atoms with Crippen LogP contribution in [0.25, 0.3) is 0 Å². The summed E-state index contributed by atoms with van der Waals surface area (Å²) in [5.74, 6) is 2.48. The Kier molecular flexibility index (Phi) is 10.3. The molecule has 0 bridgehead atoms. The molecule has 1 aromatic heterocycles. The van der Waals surface area contributed by atoms with Crippen molar-refractivity contribution in [1.29, 1.82) is 0 Å². The van der Waals surface area contributed by atoms with Crippen LogP contribution in [0.15, 0.2) is 57.0 Å². The Morgan fingerprint density at radius 1 is 1.23 bits per heavy atom. The van der Waals surface area contributed by atoms with E-state index < -0.39 is 10.0 Å². The summed E-state index contributed by atoms with van der Waals surface area (Å²) in [6.45, 7) is 3.42. The standard InChI is InChI=1S/C22H32N4O3S.HI/c1-2-17-5-3-6-19(15-17)26-22(24-13-12-20-7-4-14-29-20)25-16-18-8-10-21(11-9-18)30(23,27)28;/h4,7-11,14,17,19H,2-3,5-6,12-13,15-16H2,1H3,(H2,23,27,28)(H2,24,25,26);1H.